The summed E-state index contributed by atoms with van der Waals surface area (Å²) in [5, 5.41) is 6.45. The second-order valence-corrected chi connectivity index (χ2v) is 21.2. The van der Waals surface area contributed by atoms with E-state index in [0.29, 0.717) is 49.3 Å². The van der Waals surface area contributed by atoms with Crippen molar-refractivity contribution in [1.82, 2.24) is 18.6 Å². The van der Waals surface area contributed by atoms with E-state index >= 15 is 0 Å². The van der Waals surface area contributed by atoms with Gasteiger partial charge >= 0.3 is 0 Å². The molecule has 4 heterocycles. The number of aryl methyl sites for hydroxylation is 2. The van der Waals surface area contributed by atoms with Gasteiger partial charge in [-0.15, -0.1) is 22.7 Å². The van der Waals surface area contributed by atoms with Crippen LogP contribution in [0.3, 0.4) is 0 Å². The van der Waals surface area contributed by atoms with Crippen LogP contribution in [0.2, 0.25) is 20.1 Å². The molecule has 0 N–H and O–H groups in total. The Morgan fingerprint density at radius 2 is 0.917 bits per heavy atom. The van der Waals surface area contributed by atoms with Gasteiger partial charge in [0.25, 0.3) is 0 Å². The molecule has 0 saturated carbocycles. The molecule has 4 aromatic carbocycles. The number of hydrogen-bond donors (Lipinski definition) is 0. The lowest BCUT2D eigenvalue weighted by Crippen LogP contribution is -2.48. The molecule has 0 atom stereocenters. The van der Waals surface area contributed by atoms with E-state index in [0.717, 1.165) is 57.0 Å². The highest BCUT2D eigenvalue weighted by Crippen LogP contribution is 2.34. The molecule has 2 aliphatic rings. The number of rotatable bonds is 8. The lowest BCUT2D eigenvalue weighted by atomic mass is 10.1. The van der Waals surface area contributed by atoms with Crippen LogP contribution >= 0.6 is 69.1 Å². The molecule has 2 fully saturated rings. The standard InChI is InChI=1S/C21H21ClFN3O2S2.C19H15Cl3FN3O2S2/c1-14-9-15(2)11-16(10-14)19-13-29-21(24-19)25-5-7-26(8-6-25)30(27,28)20-4-3-17(23)12-18(20)22;20-13-7-12(8-14(21)9-13)17-11-29-19(24-17)25-3-5-26(6-4-25)30(27,28)18-2-1-15(23)10-16(18)22/h3-4,9-13H,5-8H2,1-2H3;1-2,7-11H,3-6H2. The molecule has 20 heteroatoms. The molecule has 60 heavy (non-hydrogen) atoms. The smallest absolute Gasteiger partial charge is 0.244 e. The van der Waals surface area contributed by atoms with E-state index in [1.807, 2.05) is 15.7 Å². The molecule has 2 saturated heterocycles. The Labute approximate surface area is 375 Å². The lowest BCUT2D eigenvalue weighted by Gasteiger charge is -2.33. The first-order valence-corrected chi connectivity index (χ1v) is 24.5. The summed E-state index contributed by atoms with van der Waals surface area (Å²) in [7, 11) is -7.57. The quantitative estimate of drug-likeness (QED) is 0.149. The van der Waals surface area contributed by atoms with Gasteiger partial charge in [-0.3, -0.25) is 0 Å². The molecule has 316 valence electrons. The minimum atomic E-state index is -3.80. The molecule has 2 aromatic heterocycles. The normalized spacial score (nSPS) is 15.5. The van der Waals surface area contributed by atoms with E-state index in [2.05, 4.69) is 41.9 Å². The third-order valence-electron chi connectivity index (χ3n) is 9.70. The highest BCUT2D eigenvalue weighted by molar-refractivity contribution is 7.89. The molecule has 0 amide bonds. The summed E-state index contributed by atoms with van der Waals surface area (Å²) in [6, 6.07) is 18.2. The van der Waals surface area contributed by atoms with Crippen molar-refractivity contribution >= 4 is 99.4 Å². The number of sulfonamides is 2. The zero-order chi connectivity index (χ0) is 42.9. The monoisotopic (exact) mass is 970 g/mol. The zero-order valence-corrected chi connectivity index (χ0v) is 38.2. The van der Waals surface area contributed by atoms with Crippen LogP contribution in [0.5, 0.6) is 0 Å². The van der Waals surface area contributed by atoms with Crippen molar-refractivity contribution in [3.8, 4) is 22.5 Å². The maximum Gasteiger partial charge on any atom is 0.244 e. The van der Waals surface area contributed by atoms with Crippen molar-refractivity contribution < 1.29 is 25.6 Å². The Morgan fingerprint density at radius 1 is 0.533 bits per heavy atom. The van der Waals surface area contributed by atoms with Gasteiger partial charge in [0.2, 0.25) is 20.0 Å². The second-order valence-electron chi connectivity index (χ2n) is 14.0. The van der Waals surface area contributed by atoms with Crippen LogP contribution in [0.1, 0.15) is 11.1 Å². The molecular formula is C40H36Cl4F2N6O4S4. The van der Waals surface area contributed by atoms with Gasteiger partial charge < -0.3 is 9.80 Å². The van der Waals surface area contributed by atoms with E-state index < -0.39 is 31.7 Å². The molecule has 6 aromatic rings. The van der Waals surface area contributed by atoms with Crippen LogP contribution in [-0.2, 0) is 20.0 Å². The van der Waals surface area contributed by atoms with E-state index in [9.17, 15) is 25.6 Å². The van der Waals surface area contributed by atoms with E-state index in [4.69, 9.17) is 51.4 Å². The summed E-state index contributed by atoms with van der Waals surface area (Å²) in [5.74, 6) is -1.14. The van der Waals surface area contributed by atoms with Crippen molar-refractivity contribution in [3.05, 3.63) is 126 Å². The summed E-state index contributed by atoms with van der Waals surface area (Å²) in [5.41, 5.74) is 5.97. The topological polar surface area (TPSA) is 107 Å². The maximum absolute atomic E-state index is 13.3. The van der Waals surface area contributed by atoms with Gasteiger partial charge in [-0.25, -0.2) is 35.6 Å². The fourth-order valence-electron chi connectivity index (χ4n) is 6.79. The summed E-state index contributed by atoms with van der Waals surface area (Å²) < 4.78 is 80.9. The van der Waals surface area contributed by atoms with Gasteiger partial charge in [0, 0.05) is 84.3 Å². The molecule has 0 unspecified atom stereocenters. The van der Waals surface area contributed by atoms with Crippen LogP contribution in [-0.4, -0.2) is 87.8 Å². The number of hydrogen-bond acceptors (Lipinski definition) is 10. The van der Waals surface area contributed by atoms with Gasteiger partial charge in [0.05, 0.1) is 21.4 Å². The number of anilines is 2. The van der Waals surface area contributed by atoms with Crippen molar-refractivity contribution in [1.29, 1.82) is 0 Å². The number of benzene rings is 4. The first-order chi connectivity index (χ1) is 28.5. The van der Waals surface area contributed by atoms with Gasteiger partial charge in [-0.05, 0) is 80.6 Å². The lowest BCUT2D eigenvalue weighted by molar-refractivity contribution is 0.384. The van der Waals surface area contributed by atoms with E-state index in [-0.39, 0.29) is 32.9 Å². The largest absolute Gasteiger partial charge is 0.345 e. The third kappa shape index (κ3) is 10.1. The predicted molar refractivity (Wildman–Crippen MR) is 239 cm³/mol. The van der Waals surface area contributed by atoms with Gasteiger partial charge in [-0.1, -0.05) is 63.6 Å². The number of piperazine rings is 2. The summed E-state index contributed by atoms with van der Waals surface area (Å²) in [6.45, 7) is 7.30. The molecule has 8 rings (SSSR count). The van der Waals surface area contributed by atoms with Crippen LogP contribution in [0.4, 0.5) is 19.0 Å². The number of halogens is 6. The molecule has 0 spiro atoms. The summed E-state index contributed by atoms with van der Waals surface area (Å²) in [6.07, 6.45) is 0. The first kappa shape index (κ1) is 44.6. The second kappa shape index (κ2) is 18.5. The van der Waals surface area contributed by atoms with Gasteiger partial charge in [0.15, 0.2) is 10.3 Å². The summed E-state index contributed by atoms with van der Waals surface area (Å²) >= 11 is 27.1. The zero-order valence-electron chi connectivity index (χ0n) is 32.0. The van der Waals surface area contributed by atoms with Gasteiger partial charge in [-0.2, -0.15) is 8.61 Å². The average Bonchev–Trinajstić information content (AvgIpc) is 3.89. The highest BCUT2D eigenvalue weighted by atomic mass is 35.5. The molecule has 0 radical (unpaired) electrons. The Kier molecular flexibility index (Phi) is 13.8. The van der Waals surface area contributed by atoms with E-state index in [1.165, 1.54) is 43.2 Å². The SMILES string of the molecule is Cc1cc(C)cc(-c2csc(N3CCN(S(=O)(=O)c4ccc(F)cc4Cl)CC3)n2)c1.O=S(=O)(c1ccc(F)cc1Cl)N1CCN(c2nc(-c3cc(Cl)cc(Cl)c3)cs2)CC1. The van der Waals surface area contributed by atoms with Crippen molar-refractivity contribution in [2.24, 2.45) is 0 Å². The van der Waals surface area contributed by atoms with Crippen LogP contribution < -0.4 is 9.80 Å². The molecular weight excluding hydrogens is 937 g/mol. The Balaban J connectivity index is 0.000000181. The highest BCUT2D eigenvalue weighted by Gasteiger charge is 2.32. The third-order valence-corrected chi connectivity index (χ3v) is 16.7. The average molecular weight is 973 g/mol. The number of thiazole rings is 2. The fourth-order valence-corrected chi connectivity index (χ4v) is 13.0. The molecule has 2 aliphatic heterocycles. The Morgan fingerprint density at radius 3 is 1.30 bits per heavy atom. The first-order valence-electron chi connectivity index (χ1n) is 18.3. The minimum Gasteiger partial charge on any atom is -0.345 e. The summed E-state index contributed by atoms with van der Waals surface area (Å²) in [4.78, 5) is 13.4. The van der Waals surface area contributed by atoms with Crippen molar-refractivity contribution in [2.45, 2.75) is 23.6 Å². The van der Waals surface area contributed by atoms with Crippen molar-refractivity contribution in [2.75, 3.05) is 62.2 Å². The minimum absolute atomic E-state index is 0.0645. The number of nitrogens with zero attached hydrogens (tertiary/aromatic N) is 6. The predicted octanol–water partition coefficient (Wildman–Crippen LogP) is 10.2. The van der Waals surface area contributed by atoms with Crippen LogP contribution in [0.25, 0.3) is 22.5 Å². The number of aromatic nitrogens is 2. The molecule has 10 nitrogen and oxygen atoms in total. The Bertz CT molecular complexity index is 2530. The maximum atomic E-state index is 13.3. The Hall–Kier alpha value is -3.42. The van der Waals surface area contributed by atoms with E-state index in [1.54, 1.807) is 29.5 Å². The van der Waals surface area contributed by atoms with Crippen molar-refractivity contribution in [3.63, 3.8) is 0 Å². The molecule has 0 aliphatic carbocycles. The molecule has 0 bridgehead atoms. The fraction of sp³-hybridized carbons (Fsp3) is 0.250. The van der Waals surface area contributed by atoms with Gasteiger partial charge in [0.1, 0.15) is 21.4 Å². The van der Waals surface area contributed by atoms with Crippen LogP contribution in [0.15, 0.2) is 93.3 Å². The van der Waals surface area contributed by atoms with Crippen LogP contribution in [0, 0.1) is 25.5 Å².